The minimum atomic E-state index is -1.42. The van der Waals surface area contributed by atoms with E-state index in [4.69, 9.17) is 0 Å². The molecule has 0 amide bonds. The van der Waals surface area contributed by atoms with Crippen molar-refractivity contribution in [2.24, 2.45) is 0 Å². The van der Waals surface area contributed by atoms with Crippen molar-refractivity contribution in [2.45, 2.75) is 180 Å². The third-order valence-corrected chi connectivity index (χ3v) is 10.4. The van der Waals surface area contributed by atoms with Gasteiger partial charge in [0.2, 0.25) is 0 Å². The second-order valence-electron chi connectivity index (χ2n) is 12.8. The van der Waals surface area contributed by atoms with Crippen molar-refractivity contribution in [2.75, 3.05) is 26.2 Å². The van der Waals surface area contributed by atoms with E-state index in [0.29, 0.717) is 0 Å². The molecule has 0 aliphatic carbocycles. The average molecular weight is 564 g/mol. The molecular formula is C32H68BrP. The molecule has 0 aliphatic heterocycles. The summed E-state index contributed by atoms with van der Waals surface area (Å²) in [5.74, 6) is 0. The molecule has 0 saturated heterocycles. The molecule has 0 N–H and O–H groups in total. The molecule has 0 rings (SSSR count). The van der Waals surface area contributed by atoms with E-state index in [1.165, 1.54) is 180 Å². The third-order valence-electron chi connectivity index (χ3n) is 7.52. The first-order valence-corrected chi connectivity index (χ1v) is 21.8. The summed E-state index contributed by atoms with van der Waals surface area (Å²) in [6.07, 6.45) is 41.2. The summed E-state index contributed by atoms with van der Waals surface area (Å²) in [6, 6.07) is 0. The summed E-state index contributed by atoms with van der Waals surface area (Å²) < 4.78 is 0. The predicted octanol–water partition coefficient (Wildman–Crippen LogP) is 13.3. The first-order chi connectivity index (χ1) is 16.3. The second-order valence-corrected chi connectivity index (χ2v) is 27.0. The van der Waals surface area contributed by atoms with Gasteiger partial charge in [0, 0.05) is 0 Å². The molecular weight excluding hydrogens is 495 g/mol. The molecule has 34 heavy (non-hydrogen) atoms. The summed E-state index contributed by atoms with van der Waals surface area (Å²) in [5, 5.41) is -1.42. The fourth-order valence-electron chi connectivity index (χ4n) is 5.14. The number of unbranched alkanes of at least 4 members (excludes halogenated alkanes) is 26. The molecule has 0 spiro atoms. The molecule has 0 fully saturated rings. The molecule has 0 radical (unpaired) electrons. The molecule has 0 unspecified atom stereocenters. The Balaban J connectivity index is 3.07. The summed E-state index contributed by atoms with van der Waals surface area (Å²) in [6.45, 7) is 9.62. The van der Waals surface area contributed by atoms with Gasteiger partial charge in [-0.2, -0.15) is 0 Å². The van der Waals surface area contributed by atoms with Gasteiger partial charge in [-0.1, -0.05) is 110 Å². The van der Waals surface area contributed by atoms with Crippen LogP contribution in [-0.4, -0.2) is 26.2 Å². The van der Waals surface area contributed by atoms with Gasteiger partial charge < -0.3 is 0 Å². The Kier molecular flexibility index (Phi) is 24.9. The molecule has 0 aromatic carbocycles. The Hall–Kier alpha value is 0.910. The van der Waals surface area contributed by atoms with E-state index < -0.39 is 5.31 Å². The van der Waals surface area contributed by atoms with Crippen LogP contribution >= 0.6 is 20.8 Å². The van der Waals surface area contributed by atoms with Crippen LogP contribution in [0.2, 0.25) is 0 Å². The Bertz CT molecular complexity index is 388. The SMILES string of the molecule is CCCCCCCCCCCCCCCCCCCCCCCCCCCCCP(C)(C)(C)Br. The molecule has 0 bridgehead atoms. The van der Waals surface area contributed by atoms with Crippen LogP contribution < -0.4 is 0 Å². The minimum absolute atomic E-state index is 1.37. The Morgan fingerprint density at radius 2 is 0.500 bits per heavy atom. The van der Waals surface area contributed by atoms with E-state index in [1.807, 2.05) is 0 Å². The molecule has 208 valence electrons. The standard InChI is InChI=1S/C32H68BrP/c1-5-6-7-8-9-10-11-12-13-14-15-16-17-18-19-20-21-22-23-24-25-26-27-28-29-30-31-32-34(2,3,4)33/h5-32H2,1-4H3. The second kappa shape index (κ2) is 24.3. The number of hydrogen-bond donors (Lipinski definition) is 0. The maximum atomic E-state index is 3.98. The van der Waals surface area contributed by atoms with Gasteiger partial charge in [0.05, 0.1) is 0 Å². The van der Waals surface area contributed by atoms with Crippen LogP contribution in [0.15, 0.2) is 0 Å². The first kappa shape index (κ1) is 34.9. The molecule has 0 aromatic rings. The van der Waals surface area contributed by atoms with Crippen molar-refractivity contribution >= 4 is 20.8 Å². The van der Waals surface area contributed by atoms with Gasteiger partial charge in [-0.25, -0.2) is 0 Å². The van der Waals surface area contributed by atoms with Crippen LogP contribution in [0.3, 0.4) is 0 Å². The van der Waals surface area contributed by atoms with E-state index in [0.717, 1.165) is 0 Å². The van der Waals surface area contributed by atoms with Crippen molar-refractivity contribution < 1.29 is 0 Å². The van der Waals surface area contributed by atoms with Gasteiger partial charge in [-0.3, -0.25) is 0 Å². The van der Waals surface area contributed by atoms with Crippen LogP contribution in [0, 0.1) is 0 Å². The van der Waals surface area contributed by atoms with E-state index in [9.17, 15) is 0 Å². The molecule has 0 aliphatic rings. The van der Waals surface area contributed by atoms with Gasteiger partial charge in [0.1, 0.15) is 0 Å². The van der Waals surface area contributed by atoms with Crippen molar-refractivity contribution in [1.29, 1.82) is 0 Å². The van der Waals surface area contributed by atoms with Crippen LogP contribution in [0.1, 0.15) is 180 Å². The van der Waals surface area contributed by atoms with Gasteiger partial charge in [0.15, 0.2) is 0 Å². The fraction of sp³-hybridized carbons (Fsp3) is 1.00. The van der Waals surface area contributed by atoms with Crippen LogP contribution in [-0.2, 0) is 0 Å². The topological polar surface area (TPSA) is 0 Å². The van der Waals surface area contributed by atoms with Gasteiger partial charge in [-0.05, 0) is 0 Å². The summed E-state index contributed by atoms with van der Waals surface area (Å²) in [5.41, 5.74) is 0. The quantitative estimate of drug-likeness (QED) is 0.0656. The monoisotopic (exact) mass is 562 g/mol. The summed E-state index contributed by atoms with van der Waals surface area (Å²) in [7, 11) is 0. The Morgan fingerprint density at radius 1 is 0.324 bits per heavy atom. The summed E-state index contributed by atoms with van der Waals surface area (Å²) >= 11 is 3.98. The van der Waals surface area contributed by atoms with Crippen LogP contribution in [0.5, 0.6) is 0 Å². The van der Waals surface area contributed by atoms with E-state index in [1.54, 1.807) is 0 Å². The zero-order valence-electron chi connectivity index (χ0n) is 24.6. The average Bonchev–Trinajstić information content (AvgIpc) is 2.77. The maximum absolute atomic E-state index is 3.98. The third kappa shape index (κ3) is 32.9. The predicted molar refractivity (Wildman–Crippen MR) is 169 cm³/mol. The molecule has 0 aromatic heterocycles. The zero-order valence-corrected chi connectivity index (χ0v) is 27.1. The molecule has 0 atom stereocenters. The molecule has 0 saturated carbocycles. The summed E-state index contributed by atoms with van der Waals surface area (Å²) in [4.78, 5) is 0. The van der Waals surface area contributed by atoms with Gasteiger partial charge >= 0.3 is 118 Å². The van der Waals surface area contributed by atoms with E-state index in [2.05, 4.69) is 42.4 Å². The number of halogens is 1. The number of rotatable bonds is 28. The molecule has 0 nitrogen and oxygen atoms in total. The molecule has 2 heteroatoms. The fourth-order valence-corrected chi connectivity index (χ4v) is 7.18. The Morgan fingerprint density at radius 3 is 0.676 bits per heavy atom. The zero-order chi connectivity index (χ0) is 25.2. The first-order valence-electron chi connectivity index (χ1n) is 16.0. The van der Waals surface area contributed by atoms with E-state index >= 15 is 0 Å². The number of hydrogen-bond acceptors (Lipinski definition) is 0. The molecule has 0 heterocycles. The van der Waals surface area contributed by atoms with Crippen LogP contribution in [0.25, 0.3) is 0 Å². The van der Waals surface area contributed by atoms with Crippen molar-refractivity contribution in [1.82, 2.24) is 0 Å². The van der Waals surface area contributed by atoms with Crippen LogP contribution in [0.4, 0.5) is 0 Å². The normalized spacial score (nSPS) is 13.3. The Labute approximate surface area is 226 Å². The van der Waals surface area contributed by atoms with Crippen molar-refractivity contribution in [3.05, 3.63) is 0 Å². The van der Waals surface area contributed by atoms with Gasteiger partial charge in [0.25, 0.3) is 0 Å². The van der Waals surface area contributed by atoms with E-state index in [-0.39, 0.29) is 0 Å². The van der Waals surface area contributed by atoms with Crippen molar-refractivity contribution in [3.63, 3.8) is 0 Å². The van der Waals surface area contributed by atoms with Crippen molar-refractivity contribution in [3.8, 4) is 0 Å². The van der Waals surface area contributed by atoms with Gasteiger partial charge in [-0.15, -0.1) is 0 Å².